The minimum Gasteiger partial charge on any atom is -0.593 e. The lowest BCUT2D eigenvalue weighted by Crippen LogP contribution is -2.35. The highest BCUT2D eigenvalue weighted by Gasteiger charge is 2.24. The summed E-state index contributed by atoms with van der Waals surface area (Å²) in [6, 6.07) is 18.6. The highest BCUT2D eigenvalue weighted by atomic mass is 32.2. The molecule has 0 saturated carbocycles. The third-order valence-corrected chi connectivity index (χ3v) is 5.56. The summed E-state index contributed by atoms with van der Waals surface area (Å²) in [5.74, 6) is 0. The van der Waals surface area contributed by atoms with Crippen molar-refractivity contribution in [3.05, 3.63) is 72.1 Å². The molecule has 115 valence electrons. The molecule has 1 fully saturated rings. The second-order valence-electron chi connectivity index (χ2n) is 5.70. The Balaban J connectivity index is 1.57. The Hall–Kier alpha value is -1.29. The first-order chi connectivity index (χ1) is 10.8. The molecule has 1 saturated heterocycles. The lowest BCUT2D eigenvalue weighted by atomic mass is 10.0. The Kier molecular flexibility index (Phi) is 5.54. The summed E-state index contributed by atoms with van der Waals surface area (Å²) in [5, 5.41) is 0. The predicted octanol–water partition coefficient (Wildman–Crippen LogP) is 3.99. The van der Waals surface area contributed by atoms with Gasteiger partial charge in [-0.3, -0.25) is 0 Å². The fourth-order valence-corrected chi connectivity index (χ4v) is 4.01. The van der Waals surface area contributed by atoms with Crippen molar-refractivity contribution in [1.82, 2.24) is 4.31 Å². The maximum Gasteiger partial charge on any atom is 0.174 e. The first kappa shape index (κ1) is 15.6. The van der Waals surface area contributed by atoms with Crippen LogP contribution in [0, 0.1) is 6.42 Å². The van der Waals surface area contributed by atoms with Crippen LogP contribution in [0.1, 0.15) is 30.4 Å². The van der Waals surface area contributed by atoms with Crippen LogP contribution in [0.5, 0.6) is 0 Å². The summed E-state index contributed by atoms with van der Waals surface area (Å²) < 4.78 is 14.6. The van der Waals surface area contributed by atoms with Crippen LogP contribution < -0.4 is 0 Å². The summed E-state index contributed by atoms with van der Waals surface area (Å²) in [6.07, 6.45) is 6.72. The molecule has 1 heterocycles. The van der Waals surface area contributed by atoms with Crippen molar-refractivity contribution in [3.63, 3.8) is 0 Å². The number of hydrogen-bond acceptors (Lipinski definition) is 2. The number of nitrogens with zero attached hydrogens (tertiary/aromatic N) is 1. The van der Waals surface area contributed by atoms with Crippen molar-refractivity contribution in [2.24, 2.45) is 0 Å². The highest BCUT2D eigenvalue weighted by molar-refractivity contribution is 7.89. The van der Waals surface area contributed by atoms with E-state index in [2.05, 4.69) is 47.1 Å². The standard InChI is InChI=1S/C19H22NOS/c21-22(20-15-5-2-6-16-20)19-13-11-18(12-14-19)10-9-17-7-3-1-4-8-17/h1,3-4,7-8,10-14H,2,5-6,9,15-16H2. The SMILES string of the molecule is [O-][S+](c1ccc([CH]Cc2ccccc2)cc1)N1CCCCC1. The Bertz CT molecular complexity index is 564. The number of hydrogen-bond donors (Lipinski definition) is 0. The molecule has 1 radical (unpaired) electrons. The Morgan fingerprint density at radius 2 is 1.59 bits per heavy atom. The zero-order chi connectivity index (χ0) is 15.2. The van der Waals surface area contributed by atoms with E-state index in [0.717, 1.165) is 37.2 Å². The second kappa shape index (κ2) is 7.82. The van der Waals surface area contributed by atoms with Crippen LogP contribution in [0.2, 0.25) is 0 Å². The smallest absolute Gasteiger partial charge is 0.174 e. The van der Waals surface area contributed by atoms with Crippen LogP contribution in [0.3, 0.4) is 0 Å². The summed E-state index contributed by atoms with van der Waals surface area (Å²) in [6.45, 7) is 1.91. The third kappa shape index (κ3) is 4.13. The number of piperidine rings is 1. The van der Waals surface area contributed by atoms with Crippen LogP contribution in [0.25, 0.3) is 0 Å². The fraction of sp³-hybridized carbons (Fsp3) is 0.316. The van der Waals surface area contributed by atoms with Crippen molar-refractivity contribution in [3.8, 4) is 0 Å². The van der Waals surface area contributed by atoms with Gasteiger partial charge < -0.3 is 4.55 Å². The van der Waals surface area contributed by atoms with E-state index in [9.17, 15) is 4.55 Å². The molecule has 1 atom stereocenters. The van der Waals surface area contributed by atoms with Crippen LogP contribution in [-0.4, -0.2) is 21.9 Å². The first-order valence-corrected chi connectivity index (χ1v) is 9.08. The van der Waals surface area contributed by atoms with Crippen LogP contribution in [0.15, 0.2) is 59.5 Å². The highest BCUT2D eigenvalue weighted by Crippen LogP contribution is 2.21. The van der Waals surface area contributed by atoms with Gasteiger partial charge in [0.05, 0.1) is 11.4 Å². The second-order valence-corrected chi connectivity index (χ2v) is 7.19. The molecular weight excluding hydrogens is 290 g/mol. The largest absolute Gasteiger partial charge is 0.593 e. The van der Waals surface area contributed by atoms with Crippen molar-refractivity contribution in [2.45, 2.75) is 30.6 Å². The van der Waals surface area contributed by atoms with Gasteiger partial charge in [-0.25, -0.2) is 0 Å². The number of benzene rings is 2. The molecule has 0 spiro atoms. The van der Waals surface area contributed by atoms with E-state index < -0.39 is 11.4 Å². The van der Waals surface area contributed by atoms with Gasteiger partial charge in [-0.05, 0) is 48.9 Å². The lowest BCUT2D eigenvalue weighted by Gasteiger charge is -2.27. The van der Waals surface area contributed by atoms with Gasteiger partial charge in [-0.2, -0.15) is 0 Å². The van der Waals surface area contributed by atoms with Crippen molar-refractivity contribution in [2.75, 3.05) is 13.1 Å². The molecule has 0 bridgehead atoms. The van der Waals surface area contributed by atoms with E-state index in [1.54, 1.807) is 0 Å². The summed E-state index contributed by atoms with van der Waals surface area (Å²) in [4.78, 5) is 0.916. The van der Waals surface area contributed by atoms with E-state index >= 15 is 0 Å². The Labute approximate surface area is 136 Å². The molecule has 22 heavy (non-hydrogen) atoms. The van der Waals surface area contributed by atoms with Crippen LogP contribution in [-0.2, 0) is 17.8 Å². The lowest BCUT2D eigenvalue weighted by molar-refractivity contribution is 0.346. The molecular formula is C19H22NOS. The summed E-state index contributed by atoms with van der Waals surface area (Å²) in [7, 11) is 0. The van der Waals surface area contributed by atoms with Gasteiger partial charge in [0, 0.05) is 13.1 Å². The van der Waals surface area contributed by atoms with Gasteiger partial charge in [0.25, 0.3) is 0 Å². The maximum atomic E-state index is 12.5. The van der Waals surface area contributed by atoms with E-state index in [1.165, 1.54) is 17.5 Å². The van der Waals surface area contributed by atoms with E-state index in [1.807, 2.05) is 18.2 Å². The monoisotopic (exact) mass is 312 g/mol. The minimum atomic E-state index is -0.999. The van der Waals surface area contributed by atoms with Gasteiger partial charge in [0.2, 0.25) is 0 Å². The average molecular weight is 312 g/mol. The first-order valence-electron chi connectivity index (χ1n) is 7.97. The van der Waals surface area contributed by atoms with E-state index in [4.69, 9.17) is 0 Å². The molecule has 0 N–H and O–H groups in total. The van der Waals surface area contributed by atoms with Crippen LogP contribution >= 0.6 is 0 Å². The van der Waals surface area contributed by atoms with E-state index in [-0.39, 0.29) is 0 Å². The van der Waals surface area contributed by atoms with Crippen molar-refractivity contribution < 1.29 is 4.55 Å². The summed E-state index contributed by atoms with van der Waals surface area (Å²) in [5.41, 5.74) is 2.49. The van der Waals surface area contributed by atoms with Crippen molar-refractivity contribution >= 4 is 11.4 Å². The molecule has 2 aromatic carbocycles. The molecule has 2 aromatic rings. The minimum absolute atomic E-state index is 0.916. The molecule has 2 nitrogen and oxygen atoms in total. The molecule has 3 rings (SSSR count). The number of rotatable bonds is 5. The van der Waals surface area contributed by atoms with Crippen molar-refractivity contribution in [1.29, 1.82) is 0 Å². The van der Waals surface area contributed by atoms with E-state index in [0.29, 0.717) is 0 Å². The van der Waals surface area contributed by atoms with Gasteiger partial charge in [-0.1, -0.05) is 48.9 Å². The Morgan fingerprint density at radius 1 is 0.909 bits per heavy atom. The molecule has 1 aliphatic heterocycles. The average Bonchev–Trinajstić information content (AvgIpc) is 2.61. The predicted molar refractivity (Wildman–Crippen MR) is 91.8 cm³/mol. The molecule has 3 heteroatoms. The molecule has 0 amide bonds. The van der Waals surface area contributed by atoms with Gasteiger partial charge >= 0.3 is 0 Å². The molecule has 0 aromatic heterocycles. The zero-order valence-corrected chi connectivity index (χ0v) is 13.6. The zero-order valence-electron chi connectivity index (χ0n) is 12.8. The maximum absolute atomic E-state index is 12.5. The third-order valence-electron chi connectivity index (χ3n) is 4.05. The quantitative estimate of drug-likeness (QED) is 0.780. The van der Waals surface area contributed by atoms with Gasteiger partial charge in [0.15, 0.2) is 4.90 Å². The molecule has 1 unspecified atom stereocenters. The Morgan fingerprint density at radius 3 is 2.27 bits per heavy atom. The summed E-state index contributed by atoms with van der Waals surface area (Å²) >= 11 is -0.999. The normalized spacial score (nSPS) is 17.3. The topological polar surface area (TPSA) is 26.3 Å². The fourth-order valence-electron chi connectivity index (χ4n) is 2.75. The van der Waals surface area contributed by atoms with Gasteiger partial charge in [-0.15, -0.1) is 4.31 Å². The van der Waals surface area contributed by atoms with Crippen LogP contribution in [0.4, 0.5) is 0 Å². The molecule has 1 aliphatic rings. The van der Waals surface area contributed by atoms with Gasteiger partial charge in [0.1, 0.15) is 0 Å². The molecule has 0 aliphatic carbocycles.